The third-order valence-corrected chi connectivity index (χ3v) is 6.74. The summed E-state index contributed by atoms with van der Waals surface area (Å²) in [5.74, 6) is 0.0723. The summed E-state index contributed by atoms with van der Waals surface area (Å²) in [6, 6.07) is 5.78. The van der Waals surface area contributed by atoms with Crippen LogP contribution < -0.4 is 10.2 Å². The van der Waals surface area contributed by atoms with Crippen LogP contribution in [0.2, 0.25) is 0 Å². The van der Waals surface area contributed by atoms with Crippen LogP contribution in [-0.4, -0.2) is 22.2 Å². The largest absolute Gasteiger partial charge is 0.492 e. The summed E-state index contributed by atoms with van der Waals surface area (Å²) in [6.07, 6.45) is 3.19. The fraction of sp³-hybridized carbons (Fsp3) is 0.304. The molecule has 1 unspecified atom stereocenters. The van der Waals surface area contributed by atoms with Crippen molar-refractivity contribution in [2.45, 2.75) is 32.7 Å². The minimum absolute atomic E-state index is 0.0906. The molecule has 29 heavy (non-hydrogen) atoms. The molecule has 0 radical (unpaired) electrons. The highest BCUT2D eigenvalue weighted by molar-refractivity contribution is 7.08. The second kappa shape index (κ2) is 6.59. The van der Waals surface area contributed by atoms with Crippen molar-refractivity contribution in [3.05, 3.63) is 62.1 Å². The lowest BCUT2D eigenvalue weighted by molar-refractivity contribution is 0.0694. The average molecular weight is 407 g/mol. The number of rotatable bonds is 3. The second-order valence-electron chi connectivity index (χ2n) is 8.03. The van der Waals surface area contributed by atoms with Crippen molar-refractivity contribution < 1.29 is 14.6 Å². The first-order valence-electron chi connectivity index (χ1n) is 9.79. The van der Waals surface area contributed by atoms with E-state index in [0.29, 0.717) is 12.5 Å². The number of carboxylic acid groups (broad SMARTS) is 1. The molecule has 1 N–H and O–H groups in total. The zero-order chi connectivity index (χ0) is 20.3. The zero-order valence-electron chi connectivity index (χ0n) is 16.3. The lowest BCUT2D eigenvalue weighted by atomic mass is 9.82. The number of pyridine rings is 1. The molecule has 1 aromatic carbocycles. The van der Waals surface area contributed by atoms with Crippen molar-refractivity contribution in [3.63, 3.8) is 0 Å². The second-order valence-corrected chi connectivity index (χ2v) is 8.81. The number of benzene rings is 1. The lowest BCUT2D eigenvalue weighted by Gasteiger charge is -2.34. The Balaban J connectivity index is 1.83. The average Bonchev–Trinajstić information content (AvgIpc) is 3.38. The molecular formula is C23H21NO4S. The van der Waals surface area contributed by atoms with Gasteiger partial charge in [-0.2, -0.15) is 11.3 Å². The van der Waals surface area contributed by atoms with Gasteiger partial charge in [-0.15, -0.1) is 0 Å². The van der Waals surface area contributed by atoms with Crippen molar-refractivity contribution in [2.75, 3.05) is 6.61 Å². The number of carbonyl (C=O) groups is 1. The molecule has 2 aromatic heterocycles. The van der Waals surface area contributed by atoms with Crippen molar-refractivity contribution in [1.82, 2.24) is 4.57 Å². The molecule has 0 spiro atoms. The van der Waals surface area contributed by atoms with Gasteiger partial charge >= 0.3 is 5.97 Å². The Kier molecular flexibility index (Phi) is 4.13. The van der Waals surface area contributed by atoms with Gasteiger partial charge in [0.15, 0.2) is 5.43 Å². The van der Waals surface area contributed by atoms with Crippen LogP contribution in [0.4, 0.5) is 0 Å². The Labute approximate surface area is 172 Å². The van der Waals surface area contributed by atoms with E-state index in [9.17, 15) is 14.7 Å². The van der Waals surface area contributed by atoms with Gasteiger partial charge in [-0.3, -0.25) is 4.79 Å². The molecule has 4 heterocycles. The van der Waals surface area contributed by atoms with Gasteiger partial charge in [0.2, 0.25) is 0 Å². The predicted molar refractivity (Wildman–Crippen MR) is 113 cm³/mol. The highest BCUT2D eigenvalue weighted by Crippen LogP contribution is 2.48. The van der Waals surface area contributed by atoms with Crippen molar-refractivity contribution in [3.8, 4) is 28.1 Å². The minimum Gasteiger partial charge on any atom is -0.492 e. The van der Waals surface area contributed by atoms with Crippen molar-refractivity contribution in [2.24, 2.45) is 5.92 Å². The summed E-state index contributed by atoms with van der Waals surface area (Å²) in [5, 5.41) is 13.6. The zero-order valence-corrected chi connectivity index (χ0v) is 17.1. The number of aromatic nitrogens is 1. The van der Waals surface area contributed by atoms with E-state index in [0.717, 1.165) is 41.0 Å². The van der Waals surface area contributed by atoms with Gasteiger partial charge in [-0.1, -0.05) is 13.8 Å². The Bertz CT molecular complexity index is 1190. The van der Waals surface area contributed by atoms with Gasteiger partial charge in [0.25, 0.3) is 0 Å². The van der Waals surface area contributed by atoms with Gasteiger partial charge in [0.05, 0.1) is 12.3 Å². The first kappa shape index (κ1) is 18.2. The number of hydrogen-bond donors (Lipinski definition) is 1. The standard InChI is InChI=1S/C23H21NO4S/c1-12(2)19-8-16-14-3-5-28-22(14)15(13-4-6-29-11-13)7-17(16)20-9-21(25)18(23(26)27)10-24(19)20/h4,6-7,9-12,19H,3,5,8H2,1-2H3,(H,26,27). The van der Waals surface area contributed by atoms with E-state index in [1.54, 1.807) is 11.3 Å². The topological polar surface area (TPSA) is 68.5 Å². The maximum Gasteiger partial charge on any atom is 0.341 e. The van der Waals surface area contributed by atoms with E-state index in [1.807, 2.05) is 9.95 Å². The summed E-state index contributed by atoms with van der Waals surface area (Å²) in [4.78, 5) is 24.1. The highest BCUT2D eigenvalue weighted by Gasteiger charge is 2.33. The van der Waals surface area contributed by atoms with Crippen LogP contribution in [0.1, 0.15) is 41.4 Å². The Hall–Kier alpha value is -2.86. The highest BCUT2D eigenvalue weighted by atomic mass is 32.1. The Morgan fingerprint density at radius 3 is 2.79 bits per heavy atom. The number of nitrogens with zero attached hydrogens (tertiary/aromatic N) is 1. The van der Waals surface area contributed by atoms with Crippen LogP contribution >= 0.6 is 11.3 Å². The maximum absolute atomic E-state index is 12.5. The fourth-order valence-corrected chi connectivity index (χ4v) is 5.26. The number of fused-ring (bicyclic) bond motifs is 5. The van der Waals surface area contributed by atoms with E-state index in [4.69, 9.17) is 4.74 Å². The molecule has 5 nitrogen and oxygen atoms in total. The molecule has 148 valence electrons. The number of ether oxygens (including phenoxy) is 1. The van der Waals surface area contributed by atoms with Gasteiger partial charge in [0.1, 0.15) is 11.3 Å². The van der Waals surface area contributed by atoms with Crippen LogP contribution in [0, 0.1) is 5.92 Å². The molecule has 6 heteroatoms. The monoisotopic (exact) mass is 407 g/mol. The Morgan fingerprint density at radius 1 is 1.28 bits per heavy atom. The summed E-state index contributed by atoms with van der Waals surface area (Å²) in [7, 11) is 0. The first-order chi connectivity index (χ1) is 14.0. The van der Waals surface area contributed by atoms with Crippen LogP contribution in [0.5, 0.6) is 5.75 Å². The fourth-order valence-electron chi connectivity index (χ4n) is 4.60. The van der Waals surface area contributed by atoms with Crippen LogP contribution in [0.25, 0.3) is 22.4 Å². The predicted octanol–water partition coefficient (Wildman–Crippen LogP) is 4.63. The van der Waals surface area contributed by atoms with Gasteiger partial charge < -0.3 is 14.4 Å². The van der Waals surface area contributed by atoms with Gasteiger partial charge in [0, 0.05) is 41.4 Å². The first-order valence-corrected chi connectivity index (χ1v) is 10.7. The number of aromatic carboxylic acids is 1. The van der Waals surface area contributed by atoms with E-state index in [1.165, 1.54) is 23.4 Å². The van der Waals surface area contributed by atoms with E-state index in [2.05, 4.69) is 31.4 Å². The molecule has 2 aliphatic rings. The molecule has 0 amide bonds. The lowest BCUT2D eigenvalue weighted by Crippen LogP contribution is -2.28. The molecule has 2 aliphatic heterocycles. The van der Waals surface area contributed by atoms with E-state index < -0.39 is 11.4 Å². The van der Waals surface area contributed by atoms with E-state index in [-0.39, 0.29) is 11.6 Å². The number of hydrogen-bond acceptors (Lipinski definition) is 4. The Morgan fingerprint density at radius 2 is 2.10 bits per heavy atom. The molecule has 3 aromatic rings. The SMILES string of the molecule is CC(C)C1Cc2c(cc(-c3ccsc3)c3c2CCO3)-c2cc(=O)c(C(=O)O)cn21. The quantitative estimate of drug-likeness (QED) is 0.687. The number of thiophene rings is 1. The summed E-state index contributed by atoms with van der Waals surface area (Å²) in [6.45, 7) is 4.93. The molecule has 0 saturated carbocycles. The summed E-state index contributed by atoms with van der Waals surface area (Å²) in [5.41, 5.74) is 5.80. The van der Waals surface area contributed by atoms with Gasteiger partial charge in [-0.25, -0.2) is 4.79 Å². The summed E-state index contributed by atoms with van der Waals surface area (Å²) < 4.78 is 8.03. The van der Waals surface area contributed by atoms with Crippen LogP contribution in [0.3, 0.4) is 0 Å². The van der Waals surface area contributed by atoms with Crippen molar-refractivity contribution in [1.29, 1.82) is 0 Å². The van der Waals surface area contributed by atoms with Crippen LogP contribution in [0.15, 0.2) is 40.0 Å². The summed E-state index contributed by atoms with van der Waals surface area (Å²) >= 11 is 1.64. The maximum atomic E-state index is 12.5. The molecular weight excluding hydrogens is 386 g/mol. The molecule has 0 aliphatic carbocycles. The smallest absolute Gasteiger partial charge is 0.341 e. The van der Waals surface area contributed by atoms with Gasteiger partial charge in [-0.05, 0) is 46.4 Å². The normalized spacial score (nSPS) is 16.9. The third kappa shape index (κ3) is 2.74. The third-order valence-electron chi connectivity index (χ3n) is 6.05. The molecule has 5 rings (SSSR count). The molecule has 0 bridgehead atoms. The number of carboxylic acids is 1. The van der Waals surface area contributed by atoms with Crippen LogP contribution in [-0.2, 0) is 12.8 Å². The molecule has 0 saturated heterocycles. The molecule has 0 fully saturated rings. The van der Waals surface area contributed by atoms with Crippen molar-refractivity contribution >= 4 is 17.3 Å². The minimum atomic E-state index is -1.18. The molecule has 1 atom stereocenters. The van der Waals surface area contributed by atoms with E-state index >= 15 is 0 Å².